The van der Waals surface area contributed by atoms with Gasteiger partial charge in [-0.3, -0.25) is 0 Å². The molecule has 4 heteroatoms. The first-order valence-corrected chi connectivity index (χ1v) is 3.79. The van der Waals surface area contributed by atoms with Crippen molar-refractivity contribution in [2.45, 2.75) is 13.8 Å². The van der Waals surface area contributed by atoms with Crippen molar-refractivity contribution in [3.63, 3.8) is 0 Å². The first kappa shape index (κ1) is 11.4. The predicted octanol–water partition coefficient (Wildman–Crippen LogP) is 1.18. The molecule has 0 heterocycles. The highest BCUT2D eigenvalue weighted by atomic mass is 16.7. The summed E-state index contributed by atoms with van der Waals surface area (Å²) in [5.74, 6) is -1.06. The number of rotatable bonds is 4. The van der Waals surface area contributed by atoms with E-state index in [2.05, 4.69) is 9.47 Å². The maximum absolute atomic E-state index is 10.7. The third kappa shape index (κ3) is 6.80. The second-order valence-electron chi connectivity index (χ2n) is 2.04. The Morgan fingerprint density at radius 3 is 1.69 bits per heavy atom. The second-order valence-corrected chi connectivity index (χ2v) is 2.04. The molecule has 0 aliphatic carbocycles. The molecule has 0 rings (SSSR count). The number of allylic oxidation sites excluding steroid dienone is 2. The number of esters is 2. The summed E-state index contributed by atoms with van der Waals surface area (Å²) in [5.41, 5.74) is 0. The molecule has 4 nitrogen and oxygen atoms in total. The van der Waals surface area contributed by atoms with E-state index in [1.54, 1.807) is 13.8 Å². The van der Waals surface area contributed by atoms with Gasteiger partial charge in [0.15, 0.2) is 0 Å². The van der Waals surface area contributed by atoms with Gasteiger partial charge in [0.2, 0.25) is 6.79 Å². The molecule has 0 fully saturated rings. The highest BCUT2D eigenvalue weighted by Crippen LogP contribution is 1.85. The highest BCUT2D eigenvalue weighted by molar-refractivity contribution is 5.83. The van der Waals surface area contributed by atoms with Crippen LogP contribution in [0.15, 0.2) is 24.3 Å². The Morgan fingerprint density at radius 1 is 1.00 bits per heavy atom. The SMILES string of the molecule is CC=CC(=O)OCOC(=O)C=CC. The van der Waals surface area contributed by atoms with Gasteiger partial charge >= 0.3 is 11.9 Å². The van der Waals surface area contributed by atoms with E-state index in [1.807, 2.05) is 0 Å². The van der Waals surface area contributed by atoms with Gasteiger partial charge in [-0.25, -0.2) is 9.59 Å². The van der Waals surface area contributed by atoms with Crippen LogP contribution in [0.2, 0.25) is 0 Å². The van der Waals surface area contributed by atoms with Crippen molar-refractivity contribution in [2.24, 2.45) is 0 Å². The van der Waals surface area contributed by atoms with Crippen LogP contribution >= 0.6 is 0 Å². The topological polar surface area (TPSA) is 52.6 Å². The van der Waals surface area contributed by atoms with Gasteiger partial charge in [0, 0.05) is 12.2 Å². The zero-order valence-electron chi connectivity index (χ0n) is 7.65. The Hall–Kier alpha value is -1.58. The molecule has 0 N–H and O–H groups in total. The Bertz CT molecular complexity index is 204. The predicted molar refractivity (Wildman–Crippen MR) is 46.7 cm³/mol. The molecule has 0 aliphatic rings. The van der Waals surface area contributed by atoms with E-state index in [9.17, 15) is 9.59 Å². The summed E-state index contributed by atoms with van der Waals surface area (Å²) >= 11 is 0. The minimum atomic E-state index is -0.532. The average molecular weight is 184 g/mol. The van der Waals surface area contributed by atoms with Crippen LogP contribution in [-0.2, 0) is 19.1 Å². The molecule has 0 amide bonds. The van der Waals surface area contributed by atoms with E-state index in [0.29, 0.717) is 0 Å². The fourth-order valence-electron chi connectivity index (χ4n) is 0.514. The van der Waals surface area contributed by atoms with Crippen LogP contribution < -0.4 is 0 Å². The van der Waals surface area contributed by atoms with Crippen LogP contribution in [0.1, 0.15) is 13.8 Å². The van der Waals surface area contributed by atoms with Gasteiger partial charge in [-0.05, 0) is 13.8 Å². The normalized spacial score (nSPS) is 10.6. The van der Waals surface area contributed by atoms with E-state index in [-0.39, 0.29) is 6.79 Å². The van der Waals surface area contributed by atoms with Gasteiger partial charge < -0.3 is 9.47 Å². The maximum atomic E-state index is 10.7. The van der Waals surface area contributed by atoms with E-state index in [4.69, 9.17) is 0 Å². The van der Waals surface area contributed by atoms with Gasteiger partial charge in [-0.15, -0.1) is 0 Å². The smallest absolute Gasteiger partial charge is 0.333 e. The molecule has 0 saturated heterocycles. The lowest BCUT2D eigenvalue weighted by Crippen LogP contribution is -2.09. The molecule has 72 valence electrons. The highest BCUT2D eigenvalue weighted by Gasteiger charge is 1.98. The van der Waals surface area contributed by atoms with Gasteiger partial charge in [-0.2, -0.15) is 0 Å². The summed E-state index contributed by atoms with van der Waals surface area (Å²) in [4.78, 5) is 21.3. The number of carbonyl (C=O) groups is 2. The Balaban J connectivity index is 3.56. The minimum Gasteiger partial charge on any atom is -0.425 e. The van der Waals surface area contributed by atoms with Crippen molar-refractivity contribution in [3.05, 3.63) is 24.3 Å². The van der Waals surface area contributed by atoms with Crippen LogP contribution in [0.4, 0.5) is 0 Å². The first-order chi connectivity index (χ1) is 6.20. The number of carbonyl (C=O) groups excluding carboxylic acids is 2. The van der Waals surface area contributed by atoms with Gasteiger partial charge in [-0.1, -0.05) is 12.2 Å². The van der Waals surface area contributed by atoms with Crippen molar-refractivity contribution in [1.82, 2.24) is 0 Å². The van der Waals surface area contributed by atoms with Crippen molar-refractivity contribution >= 4 is 11.9 Å². The molecule has 0 bridgehead atoms. The Kier molecular flexibility index (Phi) is 6.23. The molecular weight excluding hydrogens is 172 g/mol. The first-order valence-electron chi connectivity index (χ1n) is 3.79. The molecule has 0 aliphatic heterocycles. The van der Waals surface area contributed by atoms with Crippen LogP contribution in [0.3, 0.4) is 0 Å². The summed E-state index contributed by atoms with van der Waals surface area (Å²) in [7, 11) is 0. The van der Waals surface area contributed by atoms with Gasteiger partial charge in [0.05, 0.1) is 0 Å². The lowest BCUT2D eigenvalue weighted by molar-refractivity contribution is -0.160. The van der Waals surface area contributed by atoms with Crippen LogP contribution in [0.5, 0.6) is 0 Å². The second kappa shape index (κ2) is 7.09. The van der Waals surface area contributed by atoms with E-state index in [1.165, 1.54) is 24.3 Å². The van der Waals surface area contributed by atoms with E-state index >= 15 is 0 Å². The largest absolute Gasteiger partial charge is 0.425 e. The number of hydrogen-bond donors (Lipinski definition) is 0. The van der Waals surface area contributed by atoms with Crippen molar-refractivity contribution < 1.29 is 19.1 Å². The fourth-order valence-corrected chi connectivity index (χ4v) is 0.514. The number of hydrogen-bond acceptors (Lipinski definition) is 4. The molecule has 0 saturated carbocycles. The summed E-state index contributed by atoms with van der Waals surface area (Å²) in [6, 6.07) is 0. The van der Waals surface area contributed by atoms with Gasteiger partial charge in [0.1, 0.15) is 0 Å². The molecule has 0 atom stereocenters. The van der Waals surface area contributed by atoms with Crippen LogP contribution in [-0.4, -0.2) is 18.7 Å². The third-order valence-corrected chi connectivity index (χ3v) is 1.01. The quantitative estimate of drug-likeness (QED) is 0.374. The van der Waals surface area contributed by atoms with Crippen molar-refractivity contribution in [3.8, 4) is 0 Å². The maximum Gasteiger partial charge on any atom is 0.333 e. The average Bonchev–Trinajstić information content (AvgIpc) is 2.05. The lowest BCUT2D eigenvalue weighted by Gasteiger charge is -2.00. The summed E-state index contributed by atoms with van der Waals surface area (Å²) in [6.07, 6.45) is 5.55. The molecule has 0 aromatic heterocycles. The zero-order chi connectivity index (χ0) is 10.1. The Morgan fingerprint density at radius 2 is 1.38 bits per heavy atom. The number of ether oxygens (including phenoxy) is 2. The molecule has 0 spiro atoms. The van der Waals surface area contributed by atoms with Gasteiger partial charge in [0.25, 0.3) is 0 Å². The van der Waals surface area contributed by atoms with E-state index < -0.39 is 11.9 Å². The summed E-state index contributed by atoms with van der Waals surface area (Å²) < 4.78 is 8.99. The summed E-state index contributed by atoms with van der Waals surface area (Å²) in [6.45, 7) is 3.02. The molecular formula is C9H12O4. The molecule has 13 heavy (non-hydrogen) atoms. The standard InChI is InChI=1S/C9H12O4/c1-3-5-8(10)12-7-13-9(11)6-4-2/h3-6H,7H2,1-2H3. The lowest BCUT2D eigenvalue weighted by atomic mass is 10.5. The fraction of sp³-hybridized carbons (Fsp3) is 0.333. The molecule has 0 aromatic rings. The molecule has 0 radical (unpaired) electrons. The minimum absolute atomic E-state index is 0.355. The monoisotopic (exact) mass is 184 g/mol. The van der Waals surface area contributed by atoms with E-state index in [0.717, 1.165) is 0 Å². The summed E-state index contributed by atoms with van der Waals surface area (Å²) in [5, 5.41) is 0. The van der Waals surface area contributed by atoms with Crippen molar-refractivity contribution in [2.75, 3.05) is 6.79 Å². The van der Waals surface area contributed by atoms with Crippen LogP contribution in [0, 0.1) is 0 Å². The van der Waals surface area contributed by atoms with Crippen LogP contribution in [0.25, 0.3) is 0 Å². The molecule has 0 unspecified atom stereocenters. The Labute approximate surface area is 76.8 Å². The molecule has 0 aromatic carbocycles. The third-order valence-electron chi connectivity index (χ3n) is 1.01. The van der Waals surface area contributed by atoms with Crippen molar-refractivity contribution in [1.29, 1.82) is 0 Å². The zero-order valence-corrected chi connectivity index (χ0v) is 7.65.